The van der Waals surface area contributed by atoms with Gasteiger partial charge in [0, 0.05) is 40.6 Å². The summed E-state index contributed by atoms with van der Waals surface area (Å²) >= 11 is 0. The Labute approximate surface area is 286 Å². The van der Waals surface area contributed by atoms with E-state index in [9.17, 15) is 0 Å². The first-order valence-corrected chi connectivity index (χ1v) is 16.8. The number of fused-ring (bicyclic) bond motifs is 4. The van der Waals surface area contributed by atoms with Gasteiger partial charge in [0.1, 0.15) is 0 Å². The third kappa shape index (κ3) is 5.24. The first kappa shape index (κ1) is 28.8. The molecule has 0 bridgehead atoms. The summed E-state index contributed by atoms with van der Waals surface area (Å²) in [5.41, 5.74) is 8.15. The zero-order chi connectivity index (χ0) is 32.7. The molecule has 2 heteroatoms. The quantitative estimate of drug-likeness (QED) is 0.169. The third-order valence-corrected chi connectivity index (χ3v) is 9.77. The molecule has 9 aromatic carbocycles. The van der Waals surface area contributed by atoms with E-state index in [0.717, 1.165) is 22.7 Å². The second-order valence-corrected chi connectivity index (χ2v) is 12.7. The maximum atomic E-state index is 2.36. The van der Waals surface area contributed by atoms with Gasteiger partial charge in [-0.15, -0.1) is 0 Å². The lowest BCUT2D eigenvalue weighted by molar-refractivity contribution is 1.23. The molecule has 0 atom stereocenters. The lowest BCUT2D eigenvalue weighted by atomic mass is 9.99. The maximum Gasteiger partial charge on any atom is 0.0567 e. The average Bonchev–Trinajstić information content (AvgIpc) is 3.17. The van der Waals surface area contributed by atoms with Crippen molar-refractivity contribution in [1.29, 1.82) is 0 Å². The highest BCUT2D eigenvalue weighted by Crippen LogP contribution is 2.40. The predicted octanol–water partition coefficient (Wildman–Crippen LogP) is 13.2. The average molecular weight is 627 g/mol. The number of anilines is 5. The summed E-state index contributed by atoms with van der Waals surface area (Å²) in [4.78, 5) is 4.68. The molecule has 0 amide bonds. The Hall–Kier alpha value is -6.38. The molecule has 9 aromatic rings. The van der Waals surface area contributed by atoms with Crippen LogP contribution in [0.4, 0.5) is 28.4 Å². The summed E-state index contributed by atoms with van der Waals surface area (Å²) in [6, 6.07) is 68.1. The number of hydrogen-bond donors (Lipinski definition) is 0. The number of benzene rings is 9. The first-order valence-electron chi connectivity index (χ1n) is 16.8. The van der Waals surface area contributed by atoms with Crippen molar-refractivity contribution in [2.24, 2.45) is 0 Å². The van der Waals surface area contributed by atoms with Crippen LogP contribution in [0.5, 0.6) is 0 Å². The van der Waals surface area contributed by atoms with E-state index < -0.39 is 0 Å². The fraction of sp³-hybridized carbons (Fsp3) is 0.0213. The van der Waals surface area contributed by atoms with Crippen LogP contribution in [0.25, 0.3) is 54.2 Å². The molecule has 0 aliphatic heterocycles. The summed E-state index contributed by atoms with van der Waals surface area (Å²) in [5.74, 6) is 0. The zero-order valence-corrected chi connectivity index (χ0v) is 27.3. The van der Waals surface area contributed by atoms with Gasteiger partial charge in [-0.2, -0.15) is 0 Å². The smallest absolute Gasteiger partial charge is 0.0567 e. The van der Waals surface area contributed by atoms with Gasteiger partial charge in [0.25, 0.3) is 0 Å². The van der Waals surface area contributed by atoms with Gasteiger partial charge in [0.05, 0.1) is 5.69 Å². The number of hydrogen-bond acceptors (Lipinski definition) is 2. The van der Waals surface area contributed by atoms with E-state index >= 15 is 0 Å². The standard InChI is InChI=1S/C47H34N2/c1-48(47-45-16-8-6-14-39(45)30-40-15-7-9-17-46(40)47)41-24-18-35(19-25-41)36-20-26-42(27-21-36)49(43-28-22-33-10-2-4-12-37(33)31-43)44-29-23-34-11-3-5-13-38(34)32-44/h2-32H,1H3. The van der Waals surface area contributed by atoms with Crippen LogP contribution in [-0.4, -0.2) is 7.05 Å². The molecule has 0 radical (unpaired) electrons. The summed E-state index contributed by atoms with van der Waals surface area (Å²) < 4.78 is 0. The van der Waals surface area contributed by atoms with Gasteiger partial charge in [-0.25, -0.2) is 0 Å². The highest BCUT2D eigenvalue weighted by Gasteiger charge is 2.16. The Balaban J connectivity index is 1.07. The van der Waals surface area contributed by atoms with Crippen molar-refractivity contribution in [1.82, 2.24) is 0 Å². The molecule has 9 rings (SSSR count). The van der Waals surface area contributed by atoms with Crippen LogP contribution in [0.15, 0.2) is 188 Å². The summed E-state index contributed by atoms with van der Waals surface area (Å²) in [6.07, 6.45) is 0. The van der Waals surface area contributed by atoms with Crippen molar-refractivity contribution in [3.63, 3.8) is 0 Å². The van der Waals surface area contributed by atoms with E-state index in [1.807, 2.05) is 0 Å². The Morgan fingerprint density at radius 1 is 0.306 bits per heavy atom. The molecular weight excluding hydrogens is 593 g/mol. The second kappa shape index (κ2) is 12.0. The molecular formula is C47H34N2. The van der Waals surface area contributed by atoms with Crippen molar-refractivity contribution in [3.05, 3.63) is 188 Å². The highest BCUT2D eigenvalue weighted by molar-refractivity contribution is 6.12. The Bertz CT molecular complexity index is 2490. The van der Waals surface area contributed by atoms with E-state index in [1.165, 1.54) is 59.9 Å². The fourth-order valence-corrected chi connectivity index (χ4v) is 7.24. The van der Waals surface area contributed by atoms with Crippen molar-refractivity contribution in [3.8, 4) is 11.1 Å². The number of rotatable bonds is 6. The van der Waals surface area contributed by atoms with Crippen LogP contribution >= 0.6 is 0 Å². The molecule has 2 nitrogen and oxygen atoms in total. The summed E-state index contributed by atoms with van der Waals surface area (Å²) in [7, 11) is 2.17. The van der Waals surface area contributed by atoms with E-state index in [1.54, 1.807) is 0 Å². The molecule has 0 aliphatic carbocycles. The summed E-state index contributed by atoms with van der Waals surface area (Å²) in [6.45, 7) is 0. The normalized spacial score (nSPS) is 11.4. The highest BCUT2D eigenvalue weighted by atomic mass is 15.1. The molecule has 0 saturated heterocycles. The minimum absolute atomic E-state index is 1.12. The Morgan fingerprint density at radius 2 is 0.694 bits per heavy atom. The van der Waals surface area contributed by atoms with Crippen LogP contribution in [0.2, 0.25) is 0 Å². The van der Waals surface area contributed by atoms with E-state index in [2.05, 4.69) is 205 Å². The van der Waals surface area contributed by atoms with E-state index in [4.69, 9.17) is 0 Å². The molecule has 0 unspecified atom stereocenters. The first-order chi connectivity index (χ1) is 24.2. The minimum atomic E-state index is 1.12. The molecule has 0 heterocycles. The molecule has 49 heavy (non-hydrogen) atoms. The van der Waals surface area contributed by atoms with Crippen LogP contribution < -0.4 is 9.80 Å². The molecule has 0 spiro atoms. The SMILES string of the molecule is CN(c1ccc(-c2ccc(N(c3ccc4ccccc4c3)c3ccc4ccccc4c3)cc2)cc1)c1c2ccccc2cc2ccccc12. The van der Waals surface area contributed by atoms with Crippen molar-refractivity contribution >= 4 is 71.5 Å². The molecule has 0 aromatic heterocycles. The maximum absolute atomic E-state index is 2.36. The molecule has 0 N–H and O–H groups in total. The lowest BCUT2D eigenvalue weighted by Crippen LogP contribution is -2.10. The zero-order valence-electron chi connectivity index (χ0n) is 27.3. The van der Waals surface area contributed by atoms with Gasteiger partial charge < -0.3 is 9.80 Å². The van der Waals surface area contributed by atoms with Crippen LogP contribution in [0.3, 0.4) is 0 Å². The van der Waals surface area contributed by atoms with Crippen molar-refractivity contribution in [2.45, 2.75) is 0 Å². The van der Waals surface area contributed by atoms with E-state index in [-0.39, 0.29) is 0 Å². The van der Waals surface area contributed by atoms with Crippen LogP contribution in [0, 0.1) is 0 Å². The predicted molar refractivity (Wildman–Crippen MR) is 211 cm³/mol. The topological polar surface area (TPSA) is 6.48 Å². The van der Waals surface area contributed by atoms with Gasteiger partial charge in [0.15, 0.2) is 0 Å². The minimum Gasteiger partial charge on any atom is -0.344 e. The van der Waals surface area contributed by atoms with Gasteiger partial charge in [-0.05, 0) is 98.0 Å². The van der Waals surface area contributed by atoms with Crippen LogP contribution in [-0.2, 0) is 0 Å². The van der Waals surface area contributed by atoms with Gasteiger partial charge in [0.2, 0.25) is 0 Å². The van der Waals surface area contributed by atoms with Crippen molar-refractivity contribution in [2.75, 3.05) is 16.8 Å². The second-order valence-electron chi connectivity index (χ2n) is 12.7. The fourth-order valence-electron chi connectivity index (χ4n) is 7.24. The molecule has 0 fully saturated rings. The number of nitrogens with zero attached hydrogens (tertiary/aromatic N) is 2. The lowest BCUT2D eigenvalue weighted by Gasteiger charge is -2.26. The third-order valence-electron chi connectivity index (χ3n) is 9.77. The molecule has 0 saturated carbocycles. The molecule has 232 valence electrons. The Kier molecular flexibility index (Phi) is 7.06. The largest absolute Gasteiger partial charge is 0.344 e. The van der Waals surface area contributed by atoms with Gasteiger partial charge in [-0.3, -0.25) is 0 Å². The Morgan fingerprint density at radius 3 is 1.18 bits per heavy atom. The molecule has 0 aliphatic rings. The van der Waals surface area contributed by atoms with E-state index in [0.29, 0.717) is 0 Å². The summed E-state index contributed by atoms with van der Waals surface area (Å²) in [5, 5.41) is 9.94. The van der Waals surface area contributed by atoms with Crippen LogP contribution in [0.1, 0.15) is 0 Å². The van der Waals surface area contributed by atoms with Gasteiger partial charge in [-0.1, -0.05) is 133 Å². The van der Waals surface area contributed by atoms with Crippen molar-refractivity contribution < 1.29 is 0 Å². The monoisotopic (exact) mass is 626 g/mol. The van der Waals surface area contributed by atoms with Gasteiger partial charge >= 0.3 is 0 Å².